The first-order valence-electron chi connectivity index (χ1n) is 9.44. The van der Waals surface area contributed by atoms with Crippen LogP contribution in [-0.2, 0) is 10.0 Å². The van der Waals surface area contributed by atoms with Crippen molar-refractivity contribution in [2.75, 3.05) is 0 Å². The van der Waals surface area contributed by atoms with Crippen LogP contribution in [0.1, 0.15) is 12.0 Å². The number of nitrogens with zero attached hydrogens (tertiary/aromatic N) is 3. The van der Waals surface area contributed by atoms with Crippen molar-refractivity contribution in [3.05, 3.63) is 90.7 Å². The summed E-state index contributed by atoms with van der Waals surface area (Å²) in [4.78, 5) is 9.34. The molecule has 7 heteroatoms. The lowest BCUT2D eigenvalue weighted by atomic mass is 10.0. The average molecular weight is 414 g/mol. The summed E-state index contributed by atoms with van der Waals surface area (Å²) in [5.41, 5.74) is 5.66. The maximum absolute atomic E-state index is 11.6. The van der Waals surface area contributed by atoms with Crippen LogP contribution < -0.4 is 5.14 Å². The average Bonchev–Trinajstić information content (AvgIpc) is 3.41. The van der Waals surface area contributed by atoms with Gasteiger partial charge in [-0.25, -0.2) is 23.5 Å². The number of fused-ring (bicyclic) bond motifs is 1. The fraction of sp³-hybridized carbons (Fsp3) is 0.0435. The molecule has 0 aliphatic heterocycles. The quantitative estimate of drug-likeness (QED) is 0.545. The van der Waals surface area contributed by atoms with Crippen LogP contribution in [0.15, 0.2) is 90.0 Å². The second-order valence-corrected chi connectivity index (χ2v) is 8.62. The molecular formula is C23H18N4O2S. The Morgan fingerprint density at radius 3 is 2.33 bits per heavy atom. The third-order valence-corrected chi connectivity index (χ3v) is 6.05. The molecule has 0 fully saturated rings. The van der Waals surface area contributed by atoms with E-state index in [1.54, 1.807) is 18.3 Å². The van der Waals surface area contributed by atoms with Crippen LogP contribution in [0.4, 0.5) is 0 Å². The summed E-state index contributed by atoms with van der Waals surface area (Å²) in [5, 5.41) is 5.23. The molecule has 0 spiro atoms. The van der Waals surface area contributed by atoms with Gasteiger partial charge in [0.1, 0.15) is 11.3 Å². The van der Waals surface area contributed by atoms with E-state index in [9.17, 15) is 8.42 Å². The topological polar surface area (TPSA) is 90.9 Å². The Bertz CT molecular complexity index is 1410. The molecule has 0 saturated heterocycles. The number of benzene rings is 2. The van der Waals surface area contributed by atoms with Crippen LogP contribution in [0.25, 0.3) is 33.8 Å². The second-order valence-electron chi connectivity index (χ2n) is 7.06. The van der Waals surface area contributed by atoms with E-state index in [-0.39, 0.29) is 4.90 Å². The van der Waals surface area contributed by atoms with Crippen LogP contribution in [0.2, 0.25) is 0 Å². The lowest BCUT2D eigenvalue weighted by molar-refractivity contribution is 0.598. The summed E-state index contributed by atoms with van der Waals surface area (Å²) in [5.74, 6) is 0.680. The number of allylic oxidation sites excluding steroid dienone is 4. The standard InChI is InChI=1S/C23H18N4O2S/c24-30(28,29)20-13-9-18(10-14-20)22-26-21-6-3-15-25-23(21)27(22)19-11-7-17(8-12-19)16-4-1-2-5-16/h1-4,6-15H,5H2,(H2,24,28,29). The Balaban J connectivity index is 1.64. The number of hydrogen-bond acceptors (Lipinski definition) is 4. The van der Waals surface area contributed by atoms with Gasteiger partial charge in [0.05, 0.1) is 4.90 Å². The Kier molecular flexibility index (Phi) is 4.34. The van der Waals surface area contributed by atoms with E-state index >= 15 is 0 Å². The molecule has 2 heterocycles. The minimum Gasteiger partial charge on any atom is -0.277 e. The van der Waals surface area contributed by atoms with Gasteiger partial charge in [-0.1, -0.05) is 30.4 Å². The van der Waals surface area contributed by atoms with E-state index in [4.69, 9.17) is 10.1 Å². The fourth-order valence-corrected chi connectivity index (χ4v) is 4.15. The Hall–Kier alpha value is -3.55. The summed E-state index contributed by atoms with van der Waals surface area (Å²) in [7, 11) is -3.75. The first-order valence-corrected chi connectivity index (χ1v) is 11.0. The van der Waals surface area contributed by atoms with Crippen LogP contribution in [0.5, 0.6) is 0 Å². The van der Waals surface area contributed by atoms with Crippen LogP contribution in [-0.4, -0.2) is 23.0 Å². The predicted octanol–water partition coefficient (Wildman–Crippen LogP) is 4.08. The van der Waals surface area contributed by atoms with Gasteiger partial charge in [0.2, 0.25) is 10.0 Å². The summed E-state index contributed by atoms with van der Waals surface area (Å²) < 4.78 is 25.2. The van der Waals surface area contributed by atoms with Crippen molar-refractivity contribution in [1.29, 1.82) is 0 Å². The van der Waals surface area contributed by atoms with Gasteiger partial charge < -0.3 is 0 Å². The molecule has 0 amide bonds. The van der Waals surface area contributed by atoms with Crippen molar-refractivity contribution in [3.8, 4) is 17.1 Å². The molecule has 148 valence electrons. The normalized spacial score (nSPS) is 13.7. The van der Waals surface area contributed by atoms with Gasteiger partial charge in [-0.15, -0.1) is 0 Å². The maximum atomic E-state index is 11.6. The van der Waals surface area contributed by atoms with Crippen molar-refractivity contribution in [2.45, 2.75) is 11.3 Å². The lowest BCUT2D eigenvalue weighted by Crippen LogP contribution is -2.11. The highest BCUT2D eigenvalue weighted by atomic mass is 32.2. The highest BCUT2D eigenvalue weighted by molar-refractivity contribution is 7.89. The molecule has 2 aromatic carbocycles. The van der Waals surface area contributed by atoms with Gasteiger partial charge in [-0.05, 0) is 66.1 Å². The number of nitrogens with two attached hydrogens (primary N) is 1. The van der Waals surface area contributed by atoms with Crippen molar-refractivity contribution >= 4 is 26.8 Å². The minimum atomic E-state index is -3.75. The molecule has 0 atom stereocenters. The zero-order valence-corrected chi connectivity index (χ0v) is 16.8. The van der Waals surface area contributed by atoms with Crippen molar-refractivity contribution < 1.29 is 8.42 Å². The maximum Gasteiger partial charge on any atom is 0.238 e. The molecule has 1 aliphatic rings. The number of primary sulfonamides is 1. The molecule has 6 nitrogen and oxygen atoms in total. The Labute approximate surface area is 174 Å². The van der Waals surface area contributed by atoms with Gasteiger partial charge >= 0.3 is 0 Å². The van der Waals surface area contributed by atoms with Gasteiger partial charge in [-0.3, -0.25) is 4.57 Å². The molecule has 0 unspecified atom stereocenters. The molecule has 2 aromatic heterocycles. The van der Waals surface area contributed by atoms with E-state index in [2.05, 4.69) is 35.3 Å². The molecular weight excluding hydrogens is 396 g/mol. The van der Waals surface area contributed by atoms with E-state index in [1.165, 1.54) is 23.3 Å². The highest BCUT2D eigenvalue weighted by Crippen LogP contribution is 2.30. The molecule has 5 rings (SSSR count). The molecule has 0 bridgehead atoms. The monoisotopic (exact) mass is 414 g/mol. The zero-order valence-electron chi connectivity index (χ0n) is 15.9. The summed E-state index contributed by atoms with van der Waals surface area (Å²) >= 11 is 0. The van der Waals surface area contributed by atoms with Crippen LogP contribution in [0.3, 0.4) is 0 Å². The molecule has 1 aliphatic carbocycles. The number of pyridine rings is 1. The van der Waals surface area contributed by atoms with Gasteiger partial charge in [0, 0.05) is 17.4 Å². The van der Waals surface area contributed by atoms with E-state index in [0.29, 0.717) is 5.82 Å². The number of rotatable bonds is 4. The largest absolute Gasteiger partial charge is 0.277 e. The molecule has 0 radical (unpaired) electrons. The van der Waals surface area contributed by atoms with Crippen molar-refractivity contribution in [3.63, 3.8) is 0 Å². The third-order valence-electron chi connectivity index (χ3n) is 5.12. The molecule has 2 N–H and O–H groups in total. The number of imidazole rings is 1. The van der Waals surface area contributed by atoms with Gasteiger partial charge in [0.15, 0.2) is 5.65 Å². The van der Waals surface area contributed by atoms with Crippen LogP contribution >= 0.6 is 0 Å². The minimum absolute atomic E-state index is 0.0647. The van der Waals surface area contributed by atoms with E-state index < -0.39 is 10.0 Å². The highest BCUT2D eigenvalue weighted by Gasteiger charge is 2.16. The lowest BCUT2D eigenvalue weighted by Gasteiger charge is -2.11. The first-order chi connectivity index (χ1) is 14.5. The SMILES string of the molecule is NS(=O)(=O)c1ccc(-c2nc3cccnc3n2-c2ccc(C3=CC=CC3)cc2)cc1. The van der Waals surface area contributed by atoms with E-state index in [0.717, 1.165) is 28.8 Å². The zero-order chi connectivity index (χ0) is 20.7. The predicted molar refractivity (Wildman–Crippen MR) is 117 cm³/mol. The van der Waals surface area contributed by atoms with Crippen LogP contribution in [0, 0.1) is 0 Å². The van der Waals surface area contributed by atoms with Gasteiger partial charge in [0.25, 0.3) is 0 Å². The second kappa shape index (κ2) is 7.05. The van der Waals surface area contributed by atoms with Gasteiger partial charge in [-0.2, -0.15) is 0 Å². The molecule has 30 heavy (non-hydrogen) atoms. The summed E-state index contributed by atoms with van der Waals surface area (Å²) in [6.45, 7) is 0. The number of sulfonamides is 1. The van der Waals surface area contributed by atoms with Crippen molar-refractivity contribution in [2.24, 2.45) is 5.14 Å². The Morgan fingerprint density at radius 2 is 1.67 bits per heavy atom. The number of aromatic nitrogens is 3. The Morgan fingerprint density at radius 1 is 0.933 bits per heavy atom. The first kappa shape index (κ1) is 18.5. The third kappa shape index (κ3) is 3.24. The fourth-order valence-electron chi connectivity index (χ4n) is 3.63. The smallest absolute Gasteiger partial charge is 0.238 e. The van der Waals surface area contributed by atoms with Crippen molar-refractivity contribution in [1.82, 2.24) is 14.5 Å². The number of hydrogen-bond donors (Lipinski definition) is 1. The molecule has 0 saturated carbocycles. The summed E-state index contributed by atoms with van der Waals surface area (Å²) in [6, 6.07) is 18.4. The van der Waals surface area contributed by atoms with E-state index in [1.807, 2.05) is 28.8 Å². The summed E-state index contributed by atoms with van der Waals surface area (Å²) in [6.07, 6.45) is 9.01. The molecule has 4 aromatic rings.